The summed E-state index contributed by atoms with van der Waals surface area (Å²) in [5.41, 5.74) is 3.39. The zero-order chi connectivity index (χ0) is 17.2. The van der Waals surface area contributed by atoms with E-state index in [9.17, 15) is 9.18 Å². The summed E-state index contributed by atoms with van der Waals surface area (Å²) < 4.78 is 14.4. The molecule has 2 aliphatic heterocycles. The Balaban J connectivity index is 1.41. The highest BCUT2D eigenvalue weighted by Gasteiger charge is 2.24. The molecule has 0 radical (unpaired) electrons. The number of aryl methyl sites for hydroxylation is 1. The number of anilines is 2. The van der Waals surface area contributed by atoms with E-state index in [1.165, 1.54) is 5.56 Å². The third-order valence-electron chi connectivity index (χ3n) is 4.97. The van der Waals surface area contributed by atoms with Gasteiger partial charge >= 0.3 is 0 Å². The first kappa shape index (κ1) is 16.1. The molecular formula is C20H22FN3O. The van der Waals surface area contributed by atoms with Crippen LogP contribution in [0.15, 0.2) is 42.5 Å². The van der Waals surface area contributed by atoms with Crippen molar-refractivity contribution in [2.45, 2.75) is 31.8 Å². The summed E-state index contributed by atoms with van der Waals surface area (Å²) in [5.74, 6) is -0.239. The molecule has 2 aliphatic rings. The minimum atomic E-state index is -0.239. The van der Waals surface area contributed by atoms with Crippen LogP contribution in [0.3, 0.4) is 0 Å². The summed E-state index contributed by atoms with van der Waals surface area (Å²) >= 11 is 0. The van der Waals surface area contributed by atoms with E-state index in [4.69, 9.17) is 0 Å². The van der Waals surface area contributed by atoms with Crippen LogP contribution in [0.5, 0.6) is 0 Å². The van der Waals surface area contributed by atoms with E-state index in [0.29, 0.717) is 18.5 Å². The molecule has 0 aliphatic carbocycles. The van der Waals surface area contributed by atoms with Crippen molar-refractivity contribution in [2.24, 2.45) is 0 Å². The lowest BCUT2D eigenvalue weighted by Crippen LogP contribution is -2.26. The summed E-state index contributed by atoms with van der Waals surface area (Å²) in [7, 11) is 0. The Morgan fingerprint density at radius 2 is 2.04 bits per heavy atom. The van der Waals surface area contributed by atoms with Gasteiger partial charge in [0.05, 0.1) is 5.69 Å². The average molecular weight is 339 g/mol. The summed E-state index contributed by atoms with van der Waals surface area (Å²) in [5, 5.41) is 6.16. The Bertz CT molecular complexity index is 778. The summed E-state index contributed by atoms with van der Waals surface area (Å²) in [4.78, 5) is 13.9. The number of benzene rings is 2. The van der Waals surface area contributed by atoms with Gasteiger partial charge in [0.1, 0.15) is 5.82 Å². The van der Waals surface area contributed by atoms with E-state index in [-0.39, 0.29) is 17.8 Å². The fourth-order valence-corrected chi connectivity index (χ4v) is 3.66. The molecule has 1 atom stereocenters. The summed E-state index contributed by atoms with van der Waals surface area (Å²) in [6.07, 6.45) is 2.01. The lowest BCUT2D eigenvalue weighted by atomic mass is 10.0. The van der Waals surface area contributed by atoms with Gasteiger partial charge in [-0.05, 0) is 36.1 Å². The third kappa shape index (κ3) is 3.66. The second kappa shape index (κ2) is 6.84. The van der Waals surface area contributed by atoms with Gasteiger partial charge in [-0.1, -0.05) is 30.3 Å². The molecule has 1 amide bonds. The largest absolute Gasteiger partial charge is 0.379 e. The fourth-order valence-electron chi connectivity index (χ4n) is 3.66. The van der Waals surface area contributed by atoms with E-state index in [1.54, 1.807) is 12.1 Å². The van der Waals surface area contributed by atoms with E-state index in [1.807, 2.05) is 6.07 Å². The molecule has 2 aromatic carbocycles. The van der Waals surface area contributed by atoms with Crippen LogP contribution in [0, 0.1) is 5.82 Å². The number of carbonyl (C=O) groups is 1. The Kier molecular flexibility index (Phi) is 4.40. The Morgan fingerprint density at radius 3 is 2.88 bits per heavy atom. The normalized spacial score (nSPS) is 20.2. The molecule has 5 heteroatoms. The number of hydrogen-bond donors (Lipinski definition) is 2. The molecule has 1 saturated heterocycles. The molecule has 4 nitrogen and oxygen atoms in total. The molecule has 2 N–H and O–H groups in total. The molecule has 0 saturated carbocycles. The maximum atomic E-state index is 14.4. The minimum Gasteiger partial charge on any atom is -0.379 e. The van der Waals surface area contributed by atoms with Crippen LogP contribution < -0.4 is 10.6 Å². The zero-order valence-electron chi connectivity index (χ0n) is 14.1. The predicted molar refractivity (Wildman–Crippen MR) is 97.1 cm³/mol. The molecule has 1 unspecified atom stereocenters. The number of nitrogens with one attached hydrogen (secondary N) is 2. The predicted octanol–water partition coefficient (Wildman–Crippen LogP) is 3.40. The first-order valence-electron chi connectivity index (χ1n) is 8.82. The van der Waals surface area contributed by atoms with Gasteiger partial charge in [-0.2, -0.15) is 0 Å². The number of halogens is 1. The third-order valence-corrected chi connectivity index (χ3v) is 4.97. The Hall–Kier alpha value is -2.40. The number of rotatable bonds is 4. The molecule has 1 fully saturated rings. The molecular weight excluding hydrogens is 317 g/mol. The zero-order valence-corrected chi connectivity index (χ0v) is 14.1. The monoisotopic (exact) mass is 339 g/mol. The van der Waals surface area contributed by atoms with Gasteiger partial charge in [0, 0.05) is 37.8 Å². The SMILES string of the molecule is O=C1CCc2cc(F)c(NC3CCN(Cc4ccccc4)C3)cc2N1. The number of carbonyl (C=O) groups excluding carboxylic acids is 1. The van der Waals surface area contributed by atoms with Crippen molar-refractivity contribution >= 4 is 17.3 Å². The highest BCUT2D eigenvalue weighted by atomic mass is 19.1. The highest BCUT2D eigenvalue weighted by Crippen LogP contribution is 2.30. The van der Waals surface area contributed by atoms with Crippen molar-refractivity contribution in [3.63, 3.8) is 0 Å². The quantitative estimate of drug-likeness (QED) is 0.897. The molecule has 4 rings (SSSR count). The van der Waals surface area contributed by atoms with Crippen LogP contribution in [0.4, 0.5) is 15.8 Å². The van der Waals surface area contributed by atoms with Gasteiger partial charge in [0.15, 0.2) is 0 Å². The first-order chi connectivity index (χ1) is 12.2. The summed E-state index contributed by atoms with van der Waals surface area (Å²) in [6.45, 7) is 2.80. The molecule has 2 heterocycles. The van der Waals surface area contributed by atoms with Crippen LogP contribution >= 0.6 is 0 Å². The first-order valence-corrected chi connectivity index (χ1v) is 8.82. The second-order valence-electron chi connectivity index (χ2n) is 6.89. The van der Waals surface area contributed by atoms with E-state index >= 15 is 0 Å². The van der Waals surface area contributed by atoms with E-state index < -0.39 is 0 Å². The van der Waals surface area contributed by atoms with E-state index in [0.717, 1.165) is 37.3 Å². The minimum absolute atomic E-state index is 0.0000363. The highest BCUT2D eigenvalue weighted by molar-refractivity contribution is 5.94. The van der Waals surface area contributed by atoms with Crippen molar-refractivity contribution in [3.05, 3.63) is 59.4 Å². The van der Waals surface area contributed by atoms with Crippen molar-refractivity contribution in [3.8, 4) is 0 Å². The lowest BCUT2D eigenvalue weighted by molar-refractivity contribution is -0.116. The molecule has 0 spiro atoms. The maximum Gasteiger partial charge on any atom is 0.224 e. The van der Waals surface area contributed by atoms with Gasteiger partial charge in [0.25, 0.3) is 0 Å². The van der Waals surface area contributed by atoms with Gasteiger partial charge in [0.2, 0.25) is 5.91 Å². The van der Waals surface area contributed by atoms with Gasteiger partial charge in [-0.25, -0.2) is 4.39 Å². The van der Waals surface area contributed by atoms with Gasteiger partial charge < -0.3 is 10.6 Å². The lowest BCUT2D eigenvalue weighted by Gasteiger charge is -2.21. The Morgan fingerprint density at radius 1 is 1.20 bits per heavy atom. The maximum absolute atomic E-state index is 14.4. The van der Waals surface area contributed by atoms with Crippen molar-refractivity contribution < 1.29 is 9.18 Å². The number of amides is 1. The van der Waals surface area contributed by atoms with Gasteiger partial charge in [-0.3, -0.25) is 9.69 Å². The second-order valence-corrected chi connectivity index (χ2v) is 6.89. The van der Waals surface area contributed by atoms with Gasteiger partial charge in [-0.15, -0.1) is 0 Å². The Labute approximate surface area is 147 Å². The molecule has 2 aromatic rings. The molecule has 25 heavy (non-hydrogen) atoms. The van der Waals surface area contributed by atoms with Crippen LogP contribution in [0.2, 0.25) is 0 Å². The van der Waals surface area contributed by atoms with Crippen molar-refractivity contribution in [1.29, 1.82) is 0 Å². The van der Waals surface area contributed by atoms with Crippen LogP contribution in [-0.4, -0.2) is 29.9 Å². The fraction of sp³-hybridized carbons (Fsp3) is 0.350. The average Bonchev–Trinajstić information content (AvgIpc) is 3.04. The molecule has 0 bridgehead atoms. The number of likely N-dealkylation sites (tertiary alicyclic amines) is 1. The molecule has 0 aromatic heterocycles. The molecule has 130 valence electrons. The van der Waals surface area contributed by atoms with Crippen molar-refractivity contribution in [2.75, 3.05) is 23.7 Å². The topological polar surface area (TPSA) is 44.4 Å². The number of fused-ring (bicyclic) bond motifs is 1. The number of nitrogens with zero attached hydrogens (tertiary/aromatic N) is 1. The summed E-state index contributed by atoms with van der Waals surface area (Å²) in [6, 6.07) is 13.9. The van der Waals surface area contributed by atoms with Crippen LogP contribution in [0.1, 0.15) is 24.0 Å². The van der Waals surface area contributed by atoms with E-state index in [2.05, 4.69) is 39.8 Å². The smallest absolute Gasteiger partial charge is 0.224 e. The van der Waals surface area contributed by atoms with Crippen molar-refractivity contribution in [1.82, 2.24) is 4.90 Å². The number of hydrogen-bond acceptors (Lipinski definition) is 3. The van der Waals surface area contributed by atoms with Crippen LogP contribution in [-0.2, 0) is 17.8 Å². The van der Waals surface area contributed by atoms with Crippen LogP contribution in [0.25, 0.3) is 0 Å². The standard InChI is InChI=1S/C20H22FN3O/c21-17-10-15-6-7-20(25)23-18(15)11-19(17)22-16-8-9-24(13-16)12-14-4-2-1-3-5-14/h1-5,10-11,16,22H,6-9,12-13H2,(H,23,25).